The first-order valence-corrected chi connectivity index (χ1v) is 8.80. The van der Waals surface area contributed by atoms with E-state index in [1.165, 1.54) is 6.07 Å². The quantitative estimate of drug-likeness (QED) is 0.825. The number of halogens is 1. The monoisotopic (exact) mass is 327 g/mol. The molecule has 0 aromatic heterocycles. The fourth-order valence-corrected chi connectivity index (χ4v) is 4.43. The summed E-state index contributed by atoms with van der Waals surface area (Å²) < 4.78 is 47.0. The smallest absolute Gasteiger partial charge is 0.337 e. The van der Waals surface area contributed by atoms with Crippen LogP contribution in [0.3, 0.4) is 0 Å². The molecule has 0 amide bonds. The summed E-state index contributed by atoms with van der Waals surface area (Å²) in [7, 11) is -8.00. The van der Waals surface area contributed by atoms with E-state index in [2.05, 4.69) is 0 Å². The third-order valence-electron chi connectivity index (χ3n) is 1.85. The van der Waals surface area contributed by atoms with E-state index in [1.54, 1.807) is 0 Å². The molecule has 0 spiro atoms. The molecular weight excluding hydrogens is 318 g/mol. The first kappa shape index (κ1) is 15.7. The van der Waals surface area contributed by atoms with Crippen molar-refractivity contribution in [2.45, 2.75) is 0 Å². The lowest BCUT2D eigenvalue weighted by Crippen LogP contribution is -2.23. The number of hydrogen-bond acceptors (Lipinski definition) is 5. The molecule has 10 heteroatoms. The van der Waals surface area contributed by atoms with Gasteiger partial charge in [0, 0.05) is 11.3 Å². The van der Waals surface area contributed by atoms with Gasteiger partial charge in [-0.3, -0.25) is 4.72 Å². The van der Waals surface area contributed by atoms with E-state index >= 15 is 0 Å². The van der Waals surface area contributed by atoms with Gasteiger partial charge in [0.2, 0.25) is 10.0 Å². The van der Waals surface area contributed by atoms with Gasteiger partial charge in [-0.05, 0) is 18.2 Å². The van der Waals surface area contributed by atoms with Crippen LogP contribution < -0.4 is 4.72 Å². The molecule has 0 atom stereocenters. The van der Waals surface area contributed by atoms with Crippen molar-refractivity contribution in [1.82, 2.24) is 0 Å². The summed E-state index contributed by atoms with van der Waals surface area (Å²) in [4.78, 5) is 10.9. The van der Waals surface area contributed by atoms with Crippen LogP contribution in [0.4, 0.5) is 5.69 Å². The number of anilines is 1. The van der Waals surface area contributed by atoms with Crippen LogP contribution in [0.1, 0.15) is 10.4 Å². The van der Waals surface area contributed by atoms with Crippen LogP contribution in [0.5, 0.6) is 0 Å². The molecule has 1 aromatic rings. The Morgan fingerprint density at radius 1 is 1.32 bits per heavy atom. The Kier molecular flexibility index (Phi) is 4.43. The molecule has 0 bridgehead atoms. The lowest BCUT2D eigenvalue weighted by molar-refractivity contribution is 0.0698. The summed E-state index contributed by atoms with van der Waals surface area (Å²) in [5, 5.41) is 7.86. The second-order valence-electron chi connectivity index (χ2n) is 3.76. The lowest BCUT2D eigenvalue weighted by Gasteiger charge is -2.10. The van der Waals surface area contributed by atoms with Crippen molar-refractivity contribution in [1.29, 1.82) is 0 Å². The number of carboxylic acid groups (broad SMARTS) is 1. The first-order valence-electron chi connectivity index (χ1n) is 4.71. The molecule has 2 N–H and O–H groups in total. The molecule has 0 aliphatic carbocycles. The molecule has 1 rings (SSSR count). The van der Waals surface area contributed by atoms with Gasteiger partial charge in [0.05, 0.1) is 11.3 Å². The van der Waals surface area contributed by atoms with Gasteiger partial charge in [-0.25, -0.2) is 21.6 Å². The molecule has 1 aromatic carbocycles. The van der Waals surface area contributed by atoms with Gasteiger partial charge in [-0.1, -0.05) is 11.6 Å². The minimum absolute atomic E-state index is 0.113. The Labute approximate surface area is 115 Å². The van der Waals surface area contributed by atoms with Gasteiger partial charge < -0.3 is 5.11 Å². The summed E-state index contributed by atoms with van der Waals surface area (Å²) >= 11 is 5.64. The molecule has 0 aliphatic rings. The third-order valence-corrected chi connectivity index (χ3v) is 5.57. The van der Waals surface area contributed by atoms with Crippen molar-refractivity contribution in [3.63, 3.8) is 0 Å². The number of carboxylic acids is 1. The molecule has 0 aliphatic heterocycles. The van der Waals surface area contributed by atoms with Crippen molar-refractivity contribution in [3.8, 4) is 0 Å². The van der Waals surface area contributed by atoms with Crippen LogP contribution in [0, 0.1) is 0 Å². The zero-order valence-electron chi connectivity index (χ0n) is 9.62. The second kappa shape index (κ2) is 5.35. The van der Waals surface area contributed by atoms with E-state index in [-0.39, 0.29) is 16.3 Å². The number of nitrogens with one attached hydrogen (secondary N) is 1. The Bertz CT molecular complexity index is 710. The number of sulfonamides is 1. The fourth-order valence-electron chi connectivity index (χ4n) is 1.27. The summed E-state index contributed by atoms with van der Waals surface area (Å²) in [5.74, 6) is -1.37. The molecule has 106 valence electrons. The Hall–Kier alpha value is -1.32. The van der Waals surface area contributed by atoms with Crippen LogP contribution in [-0.4, -0.2) is 39.3 Å². The predicted octanol–water partition coefficient (Wildman–Crippen LogP) is 0.782. The van der Waals surface area contributed by atoms with E-state index in [9.17, 15) is 21.6 Å². The fraction of sp³-hybridized carbons (Fsp3) is 0.222. The highest BCUT2D eigenvalue weighted by Gasteiger charge is 2.21. The average Bonchev–Trinajstić information content (AvgIpc) is 2.11. The molecule has 0 saturated heterocycles. The summed E-state index contributed by atoms with van der Waals surface area (Å²) in [5.41, 5.74) is -0.620. The highest BCUT2D eigenvalue weighted by molar-refractivity contribution is 8.08. The Morgan fingerprint density at radius 2 is 1.89 bits per heavy atom. The minimum atomic E-state index is -4.23. The van der Waals surface area contributed by atoms with E-state index in [0.717, 1.165) is 18.4 Å². The number of hydrogen-bond donors (Lipinski definition) is 2. The van der Waals surface area contributed by atoms with Crippen molar-refractivity contribution in [3.05, 3.63) is 28.8 Å². The standard InChI is InChI=1S/C9H10ClNO6S2/c1-18(14,15)5-19(16,17)11-8-4-6(10)2-3-7(8)9(12)13/h2-4,11H,5H2,1H3,(H,12,13). The topological polar surface area (TPSA) is 118 Å². The van der Waals surface area contributed by atoms with Crippen LogP contribution in [0.15, 0.2) is 18.2 Å². The molecule has 0 unspecified atom stereocenters. The van der Waals surface area contributed by atoms with Crippen LogP contribution in [0.25, 0.3) is 0 Å². The minimum Gasteiger partial charge on any atom is -0.478 e. The van der Waals surface area contributed by atoms with Crippen molar-refractivity contribution in [2.75, 3.05) is 16.1 Å². The molecular formula is C9H10ClNO6S2. The average molecular weight is 328 g/mol. The number of sulfone groups is 1. The highest BCUT2D eigenvalue weighted by Crippen LogP contribution is 2.22. The van der Waals surface area contributed by atoms with Gasteiger partial charge in [-0.15, -0.1) is 0 Å². The van der Waals surface area contributed by atoms with Crippen molar-refractivity contribution < 1.29 is 26.7 Å². The summed E-state index contributed by atoms with van der Waals surface area (Å²) in [6, 6.07) is 3.48. The van der Waals surface area contributed by atoms with E-state index in [1.807, 2.05) is 4.72 Å². The molecule has 0 fully saturated rings. The van der Waals surface area contributed by atoms with E-state index in [4.69, 9.17) is 16.7 Å². The Morgan fingerprint density at radius 3 is 2.37 bits per heavy atom. The first-order chi connectivity index (χ1) is 8.50. The zero-order valence-corrected chi connectivity index (χ0v) is 12.0. The maximum Gasteiger partial charge on any atom is 0.337 e. The predicted molar refractivity (Wildman–Crippen MR) is 70.7 cm³/mol. The Balaban J connectivity index is 3.19. The number of benzene rings is 1. The van der Waals surface area contributed by atoms with Crippen LogP contribution in [0.2, 0.25) is 5.02 Å². The van der Waals surface area contributed by atoms with Gasteiger partial charge in [0.15, 0.2) is 14.9 Å². The summed E-state index contributed by atoms with van der Waals surface area (Å²) in [6.07, 6.45) is 0.752. The maximum absolute atomic E-state index is 11.6. The van der Waals surface area contributed by atoms with Crippen molar-refractivity contribution in [2.24, 2.45) is 0 Å². The van der Waals surface area contributed by atoms with Crippen LogP contribution in [-0.2, 0) is 19.9 Å². The number of rotatable bonds is 5. The van der Waals surface area contributed by atoms with Gasteiger partial charge in [0.1, 0.15) is 0 Å². The number of aromatic carboxylic acids is 1. The van der Waals surface area contributed by atoms with E-state index in [0.29, 0.717) is 0 Å². The highest BCUT2D eigenvalue weighted by atomic mass is 35.5. The third kappa shape index (κ3) is 5.05. The largest absolute Gasteiger partial charge is 0.478 e. The zero-order chi connectivity index (χ0) is 14.8. The van der Waals surface area contributed by atoms with Crippen LogP contribution >= 0.6 is 11.6 Å². The van der Waals surface area contributed by atoms with Crippen molar-refractivity contribution >= 4 is 43.1 Å². The lowest BCUT2D eigenvalue weighted by atomic mass is 10.2. The number of carbonyl (C=O) groups is 1. The van der Waals surface area contributed by atoms with Gasteiger partial charge in [0.25, 0.3) is 0 Å². The molecule has 19 heavy (non-hydrogen) atoms. The van der Waals surface area contributed by atoms with Gasteiger partial charge in [-0.2, -0.15) is 0 Å². The molecule has 0 saturated carbocycles. The molecule has 0 heterocycles. The molecule has 0 radical (unpaired) electrons. The SMILES string of the molecule is CS(=O)(=O)CS(=O)(=O)Nc1cc(Cl)ccc1C(=O)O. The van der Waals surface area contributed by atoms with E-state index < -0.39 is 30.9 Å². The normalized spacial score (nSPS) is 12.1. The second-order valence-corrected chi connectivity index (χ2v) is 8.42. The summed E-state index contributed by atoms with van der Waals surface area (Å²) in [6.45, 7) is 0. The van der Waals surface area contributed by atoms with Gasteiger partial charge >= 0.3 is 5.97 Å². The molecule has 7 nitrogen and oxygen atoms in total. The maximum atomic E-state index is 11.6.